The molecule has 1 heterocycles. The predicted molar refractivity (Wildman–Crippen MR) is 98.7 cm³/mol. The monoisotopic (exact) mass is 336 g/mol. The summed E-state index contributed by atoms with van der Waals surface area (Å²) < 4.78 is 0. The molecule has 1 aliphatic heterocycles. The van der Waals surface area contributed by atoms with E-state index in [2.05, 4.69) is 43.0 Å². The van der Waals surface area contributed by atoms with Crippen LogP contribution in [0.4, 0.5) is 0 Å². The van der Waals surface area contributed by atoms with Crippen molar-refractivity contribution >= 4 is 11.8 Å². The van der Waals surface area contributed by atoms with Crippen molar-refractivity contribution in [1.82, 2.24) is 9.80 Å². The summed E-state index contributed by atoms with van der Waals surface area (Å²) in [6, 6.07) is 15.6. The summed E-state index contributed by atoms with van der Waals surface area (Å²) in [5, 5.41) is 0. The molecule has 0 radical (unpaired) electrons. The van der Waals surface area contributed by atoms with Gasteiger partial charge < -0.3 is 4.90 Å². The number of fused-ring (bicyclic) bond motifs is 1. The molecule has 3 rings (SSSR count). The van der Waals surface area contributed by atoms with Crippen molar-refractivity contribution in [2.75, 3.05) is 20.1 Å². The number of hydrogen-bond donors (Lipinski definition) is 0. The number of likely N-dealkylation sites (N-methyl/N-ethyl adjacent to an activating group) is 1. The van der Waals surface area contributed by atoms with E-state index in [4.69, 9.17) is 0 Å². The fourth-order valence-corrected chi connectivity index (χ4v) is 3.11. The van der Waals surface area contributed by atoms with E-state index in [1.165, 1.54) is 16.0 Å². The summed E-state index contributed by atoms with van der Waals surface area (Å²) in [4.78, 5) is 28.2. The Morgan fingerprint density at radius 3 is 2.00 bits per heavy atom. The van der Waals surface area contributed by atoms with E-state index in [1.807, 2.05) is 7.05 Å². The highest BCUT2D eigenvalue weighted by Gasteiger charge is 2.34. The Kier molecular flexibility index (Phi) is 5.00. The maximum Gasteiger partial charge on any atom is 0.261 e. The molecule has 2 aromatic carbocycles. The smallest absolute Gasteiger partial charge is 0.261 e. The maximum absolute atomic E-state index is 12.4. The first-order valence-corrected chi connectivity index (χ1v) is 8.70. The zero-order chi connectivity index (χ0) is 18.0. The zero-order valence-corrected chi connectivity index (χ0v) is 15.0. The van der Waals surface area contributed by atoms with E-state index in [0.717, 1.165) is 6.54 Å². The number of nitrogens with zero attached hydrogens (tertiary/aromatic N) is 2. The molecule has 1 aliphatic rings. The third-order valence-electron chi connectivity index (χ3n) is 4.68. The molecule has 0 aliphatic carbocycles. The number of benzene rings is 2. The summed E-state index contributed by atoms with van der Waals surface area (Å²) in [6.07, 6.45) is 0. The zero-order valence-electron chi connectivity index (χ0n) is 15.0. The third-order valence-corrected chi connectivity index (χ3v) is 4.68. The molecular formula is C21H24N2O2. The predicted octanol–water partition coefficient (Wildman–Crippen LogP) is 3.54. The Hall–Kier alpha value is -2.46. The molecular weight excluding hydrogens is 312 g/mol. The molecule has 130 valence electrons. The van der Waals surface area contributed by atoms with Crippen molar-refractivity contribution in [3.05, 3.63) is 70.8 Å². The first kappa shape index (κ1) is 17.4. The molecule has 0 atom stereocenters. The van der Waals surface area contributed by atoms with Crippen LogP contribution >= 0.6 is 0 Å². The topological polar surface area (TPSA) is 40.6 Å². The van der Waals surface area contributed by atoms with Crippen molar-refractivity contribution in [3.63, 3.8) is 0 Å². The van der Waals surface area contributed by atoms with Gasteiger partial charge in [0.05, 0.1) is 11.1 Å². The largest absolute Gasteiger partial charge is 0.300 e. The summed E-state index contributed by atoms with van der Waals surface area (Å²) in [5.74, 6) is 0.158. The van der Waals surface area contributed by atoms with Gasteiger partial charge in [-0.2, -0.15) is 0 Å². The molecule has 0 unspecified atom stereocenters. The van der Waals surface area contributed by atoms with Crippen LogP contribution in [0.5, 0.6) is 0 Å². The average molecular weight is 336 g/mol. The Bertz CT molecular complexity index is 746. The Morgan fingerprint density at radius 1 is 0.920 bits per heavy atom. The minimum absolute atomic E-state index is 0.185. The number of carbonyl (C=O) groups is 2. The van der Waals surface area contributed by atoms with Gasteiger partial charge in [-0.1, -0.05) is 50.2 Å². The summed E-state index contributed by atoms with van der Waals surface area (Å²) in [6.45, 7) is 6.22. The second-order valence-electron chi connectivity index (χ2n) is 6.94. The van der Waals surface area contributed by atoms with Crippen LogP contribution in [-0.4, -0.2) is 41.8 Å². The second kappa shape index (κ2) is 7.19. The van der Waals surface area contributed by atoms with E-state index in [1.54, 1.807) is 24.3 Å². The van der Waals surface area contributed by atoms with Crippen LogP contribution in [-0.2, 0) is 6.54 Å². The van der Waals surface area contributed by atoms with E-state index >= 15 is 0 Å². The molecule has 0 saturated heterocycles. The summed E-state index contributed by atoms with van der Waals surface area (Å²) in [5.41, 5.74) is 3.59. The first-order valence-electron chi connectivity index (χ1n) is 8.70. The Labute approximate surface area is 149 Å². The van der Waals surface area contributed by atoms with E-state index < -0.39 is 0 Å². The molecule has 2 amide bonds. The van der Waals surface area contributed by atoms with Crippen molar-refractivity contribution in [1.29, 1.82) is 0 Å². The fraction of sp³-hybridized carbons (Fsp3) is 0.333. The third kappa shape index (κ3) is 3.64. The van der Waals surface area contributed by atoms with E-state index in [-0.39, 0.29) is 11.8 Å². The highest BCUT2D eigenvalue weighted by atomic mass is 16.2. The molecule has 25 heavy (non-hydrogen) atoms. The molecule has 0 saturated carbocycles. The van der Waals surface area contributed by atoms with Gasteiger partial charge in [0.2, 0.25) is 0 Å². The number of rotatable bonds is 6. The second-order valence-corrected chi connectivity index (χ2v) is 6.94. The van der Waals surface area contributed by atoms with Crippen LogP contribution in [0.25, 0.3) is 0 Å². The van der Waals surface area contributed by atoms with Gasteiger partial charge in [0.15, 0.2) is 0 Å². The quantitative estimate of drug-likeness (QED) is 0.758. The summed E-state index contributed by atoms with van der Waals surface area (Å²) >= 11 is 0. The van der Waals surface area contributed by atoms with Crippen molar-refractivity contribution in [2.45, 2.75) is 26.3 Å². The Morgan fingerprint density at radius 2 is 1.48 bits per heavy atom. The minimum Gasteiger partial charge on any atom is -0.300 e. The molecule has 0 bridgehead atoms. The van der Waals surface area contributed by atoms with Crippen LogP contribution in [0, 0.1) is 0 Å². The lowest BCUT2D eigenvalue weighted by Gasteiger charge is -2.21. The van der Waals surface area contributed by atoms with Gasteiger partial charge in [-0.25, -0.2) is 0 Å². The van der Waals surface area contributed by atoms with Gasteiger partial charge in [-0.15, -0.1) is 0 Å². The van der Waals surface area contributed by atoms with Crippen LogP contribution in [0.3, 0.4) is 0 Å². The Balaban J connectivity index is 1.57. The molecule has 4 heteroatoms. The fourth-order valence-electron chi connectivity index (χ4n) is 3.11. The normalized spacial score (nSPS) is 13.9. The van der Waals surface area contributed by atoms with Gasteiger partial charge in [0, 0.05) is 19.6 Å². The lowest BCUT2D eigenvalue weighted by atomic mass is 10.0. The number of amides is 2. The average Bonchev–Trinajstić information content (AvgIpc) is 2.85. The highest BCUT2D eigenvalue weighted by molar-refractivity contribution is 6.21. The van der Waals surface area contributed by atoms with E-state index in [9.17, 15) is 9.59 Å². The van der Waals surface area contributed by atoms with Crippen LogP contribution in [0.15, 0.2) is 48.5 Å². The van der Waals surface area contributed by atoms with Crippen molar-refractivity contribution in [2.24, 2.45) is 0 Å². The lowest BCUT2D eigenvalue weighted by molar-refractivity contribution is 0.0640. The van der Waals surface area contributed by atoms with Crippen molar-refractivity contribution < 1.29 is 9.59 Å². The van der Waals surface area contributed by atoms with Crippen LogP contribution < -0.4 is 0 Å². The molecule has 0 fully saturated rings. The lowest BCUT2D eigenvalue weighted by Crippen LogP contribution is -2.36. The van der Waals surface area contributed by atoms with E-state index in [0.29, 0.717) is 30.1 Å². The standard InChI is InChI=1S/C21H24N2O2/c1-15(2)17-10-8-16(9-11-17)14-22(3)12-13-23-20(24)18-6-4-5-7-19(18)21(23)25/h4-11,15H,12-14H2,1-3H3. The first-order chi connectivity index (χ1) is 12.0. The number of carbonyl (C=O) groups excluding carboxylic acids is 2. The van der Waals surface area contributed by atoms with Gasteiger partial charge in [-0.05, 0) is 36.2 Å². The molecule has 2 aromatic rings. The number of hydrogen-bond acceptors (Lipinski definition) is 3. The number of imide groups is 1. The molecule has 0 spiro atoms. The van der Waals surface area contributed by atoms with Crippen LogP contribution in [0.1, 0.15) is 51.6 Å². The van der Waals surface area contributed by atoms with Gasteiger partial charge in [0.1, 0.15) is 0 Å². The minimum atomic E-state index is -0.185. The SMILES string of the molecule is CC(C)c1ccc(CN(C)CCN2C(=O)c3ccccc3C2=O)cc1. The van der Waals surface area contributed by atoms with Gasteiger partial charge in [-0.3, -0.25) is 14.5 Å². The molecule has 0 N–H and O–H groups in total. The highest BCUT2D eigenvalue weighted by Crippen LogP contribution is 2.22. The van der Waals surface area contributed by atoms with Crippen molar-refractivity contribution in [3.8, 4) is 0 Å². The van der Waals surface area contributed by atoms with Crippen LogP contribution in [0.2, 0.25) is 0 Å². The van der Waals surface area contributed by atoms with Gasteiger partial charge in [0.25, 0.3) is 11.8 Å². The maximum atomic E-state index is 12.4. The van der Waals surface area contributed by atoms with Gasteiger partial charge >= 0.3 is 0 Å². The molecule has 4 nitrogen and oxygen atoms in total. The molecule has 0 aromatic heterocycles. The summed E-state index contributed by atoms with van der Waals surface area (Å²) in [7, 11) is 2.01.